The van der Waals surface area contributed by atoms with Crippen molar-refractivity contribution in [2.24, 2.45) is 5.92 Å². The minimum absolute atomic E-state index is 0.0400. The summed E-state index contributed by atoms with van der Waals surface area (Å²) in [5, 5.41) is 13.7. The predicted molar refractivity (Wildman–Crippen MR) is 70.1 cm³/mol. The molecule has 0 aromatic heterocycles. The lowest BCUT2D eigenvalue weighted by atomic mass is 10.0. The molecular weight excluding hydrogens is 275 g/mol. The standard InChI is InChI=1S/C12H14ClFN2O3/c1-7(8-2-3-19-6-8)15-11-5-10(14)9(13)4-12(11)16(17)18/h4-5,7-8,15H,2-3,6H2,1H3. The van der Waals surface area contributed by atoms with Crippen LogP contribution in [0.3, 0.4) is 0 Å². The molecule has 104 valence electrons. The second-order valence-electron chi connectivity index (χ2n) is 4.60. The van der Waals surface area contributed by atoms with Crippen LogP contribution in [0.5, 0.6) is 0 Å². The molecule has 1 heterocycles. The summed E-state index contributed by atoms with van der Waals surface area (Å²) in [6, 6.07) is 2.05. The minimum atomic E-state index is -0.676. The van der Waals surface area contributed by atoms with Crippen molar-refractivity contribution in [3.05, 3.63) is 33.1 Å². The van der Waals surface area contributed by atoms with Crippen LogP contribution in [0.4, 0.5) is 15.8 Å². The molecule has 0 saturated carbocycles. The Labute approximate surface area is 114 Å². The number of halogens is 2. The fourth-order valence-electron chi connectivity index (χ4n) is 2.11. The Hall–Kier alpha value is -1.40. The van der Waals surface area contributed by atoms with Gasteiger partial charge in [-0.25, -0.2) is 4.39 Å². The third-order valence-corrected chi connectivity index (χ3v) is 3.58. The van der Waals surface area contributed by atoms with Crippen LogP contribution in [-0.2, 0) is 4.74 Å². The van der Waals surface area contributed by atoms with Gasteiger partial charge in [0.1, 0.15) is 11.5 Å². The maximum absolute atomic E-state index is 13.4. The van der Waals surface area contributed by atoms with Crippen molar-refractivity contribution in [2.45, 2.75) is 19.4 Å². The van der Waals surface area contributed by atoms with E-state index in [9.17, 15) is 14.5 Å². The van der Waals surface area contributed by atoms with Crippen molar-refractivity contribution in [3.63, 3.8) is 0 Å². The van der Waals surface area contributed by atoms with E-state index in [0.29, 0.717) is 13.2 Å². The highest BCUT2D eigenvalue weighted by Crippen LogP contribution is 2.32. The summed E-state index contributed by atoms with van der Waals surface area (Å²) >= 11 is 5.57. The van der Waals surface area contributed by atoms with E-state index in [1.54, 1.807) is 0 Å². The lowest BCUT2D eigenvalue weighted by molar-refractivity contribution is -0.384. The molecule has 7 heteroatoms. The normalized spacial score (nSPS) is 20.3. The summed E-state index contributed by atoms with van der Waals surface area (Å²) in [6.07, 6.45) is 0.887. The molecule has 0 spiro atoms. The molecule has 0 bridgehead atoms. The molecular formula is C12H14ClFN2O3. The van der Waals surface area contributed by atoms with Crippen LogP contribution in [0.25, 0.3) is 0 Å². The van der Waals surface area contributed by atoms with Crippen molar-refractivity contribution in [2.75, 3.05) is 18.5 Å². The maximum atomic E-state index is 13.4. The first-order chi connectivity index (χ1) is 8.99. The quantitative estimate of drug-likeness (QED) is 0.682. The molecule has 0 radical (unpaired) electrons. The number of hydrogen-bond donors (Lipinski definition) is 1. The van der Waals surface area contributed by atoms with Gasteiger partial charge in [0, 0.05) is 30.7 Å². The smallest absolute Gasteiger partial charge is 0.294 e. The largest absolute Gasteiger partial charge is 0.381 e. The molecule has 0 aliphatic carbocycles. The number of hydrogen-bond acceptors (Lipinski definition) is 4. The first-order valence-corrected chi connectivity index (χ1v) is 6.34. The van der Waals surface area contributed by atoms with Gasteiger partial charge in [-0.2, -0.15) is 0 Å². The van der Waals surface area contributed by atoms with E-state index in [4.69, 9.17) is 16.3 Å². The van der Waals surface area contributed by atoms with Crippen LogP contribution in [0.1, 0.15) is 13.3 Å². The monoisotopic (exact) mass is 288 g/mol. The molecule has 1 aliphatic rings. The fourth-order valence-corrected chi connectivity index (χ4v) is 2.27. The van der Waals surface area contributed by atoms with Crippen LogP contribution < -0.4 is 5.32 Å². The van der Waals surface area contributed by atoms with Gasteiger partial charge in [-0.3, -0.25) is 10.1 Å². The topological polar surface area (TPSA) is 64.4 Å². The number of nitro groups is 1. The predicted octanol–water partition coefficient (Wildman–Crippen LogP) is 3.22. The number of anilines is 1. The van der Waals surface area contributed by atoms with Crippen LogP contribution in [0.15, 0.2) is 12.1 Å². The van der Waals surface area contributed by atoms with E-state index in [-0.39, 0.29) is 28.4 Å². The Morgan fingerprint density at radius 1 is 1.63 bits per heavy atom. The fraction of sp³-hybridized carbons (Fsp3) is 0.500. The molecule has 1 saturated heterocycles. The van der Waals surface area contributed by atoms with Gasteiger partial charge in [-0.15, -0.1) is 0 Å². The highest BCUT2D eigenvalue weighted by Gasteiger charge is 2.25. The summed E-state index contributed by atoms with van der Waals surface area (Å²) in [4.78, 5) is 10.4. The number of nitrogens with zero attached hydrogens (tertiary/aromatic N) is 1. The van der Waals surface area contributed by atoms with Gasteiger partial charge in [0.15, 0.2) is 0 Å². The molecule has 1 fully saturated rings. The Balaban J connectivity index is 2.22. The Morgan fingerprint density at radius 3 is 2.95 bits per heavy atom. The summed E-state index contributed by atoms with van der Waals surface area (Å²) < 4.78 is 18.7. The summed E-state index contributed by atoms with van der Waals surface area (Å²) in [5.74, 6) is -0.414. The van der Waals surface area contributed by atoms with E-state index >= 15 is 0 Å². The van der Waals surface area contributed by atoms with Gasteiger partial charge in [-0.05, 0) is 13.3 Å². The van der Waals surface area contributed by atoms with Gasteiger partial charge in [0.25, 0.3) is 5.69 Å². The van der Waals surface area contributed by atoms with E-state index < -0.39 is 10.7 Å². The minimum Gasteiger partial charge on any atom is -0.381 e. The maximum Gasteiger partial charge on any atom is 0.294 e. The third kappa shape index (κ3) is 3.13. The number of ether oxygens (including phenoxy) is 1. The summed E-state index contributed by atoms with van der Waals surface area (Å²) in [7, 11) is 0. The number of benzene rings is 1. The second kappa shape index (κ2) is 5.71. The first kappa shape index (κ1) is 14.0. The van der Waals surface area contributed by atoms with E-state index in [0.717, 1.165) is 18.6 Å². The molecule has 2 atom stereocenters. The lowest BCUT2D eigenvalue weighted by Crippen LogP contribution is -2.26. The van der Waals surface area contributed by atoms with Crippen molar-refractivity contribution in [1.82, 2.24) is 0 Å². The number of rotatable bonds is 4. The van der Waals surface area contributed by atoms with Crippen LogP contribution >= 0.6 is 11.6 Å². The average molecular weight is 289 g/mol. The van der Waals surface area contributed by atoms with E-state index in [2.05, 4.69) is 5.32 Å². The molecule has 1 aliphatic heterocycles. The molecule has 2 unspecified atom stereocenters. The zero-order valence-corrected chi connectivity index (χ0v) is 11.1. The van der Waals surface area contributed by atoms with Gasteiger partial charge < -0.3 is 10.1 Å². The van der Waals surface area contributed by atoms with Crippen molar-refractivity contribution in [1.29, 1.82) is 0 Å². The summed E-state index contributed by atoms with van der Waals surface area (Å²) in [6.45, 7) is 3.20. The number of nitro benzene ring substituents is 1. The average Bonchev–Trinajstić information content (AvgIpc) is 2.86. The van der Waals surface area contributed by atoms with E-state index in [1.807, 2.05) is 6.92 Å². The zero-order valence-electron chi connectivity index (χ0n) is 10.4. The molecule has 5 nitrogen and oxygen atoms in total. The summed E-state index contributed by atoms with van der Waals surface area (Å²) in [5.41, 5.74) is -0.0801. The molecule has 0 amide bonds. The van der Waals surface area contributed by atoms with E-state index in [1.165, 1.54) is 0 Å². The number of nitrogens with one attached hydrogen (secondary N) is 1. The molecule has 1 aromatic carbocycles. The Bertz CT molecular complexity index is 492. The van der Waals surface area contributed by atoms with Gasteiger partial charge in [0.2, 0.25) is 0 Å². The zero-order chi connectivity index (χ0) is 14.0. The SMILES string of the molecule is CC(Nc1cc(F)c(Cl)cc1[N+](=O)[O-])C1CCOC1. The van der Waals surface area contributed by atoms with Crippen molar-refractivity contribution < 1.29 is 14.1 Å². The molecule has 2 rings (SSSR count). The highest BCUT2D eigenvalue weighted by molar-refractivity contribution is 6.31. The Kier molecular flexibility index (Phi) is 4.21. The van der Waals surface area contributed by atoms with Crippen molar-refractivity contribution in [3.8, 4) is 0 Å². The second-order valence-corrected chi connectivity index (χ2v) is 5.00. The van der Waals surface area contributed by atoms with Gasteiger partial charge >= 0.3 is 0 Å². The highest BCUT2D eigenvalue weighted by atomic mass is 35.5. The molecule has 19 heavy (non-hydrogen) atoms. The lowest BCUT2D eigenvalue weighted by Gasteiger charge is -2.20. The van der Waals surface area contributed by atoms with Crippen LogP contribution in [0.2, 0.25) is 5.02 Å². The molecule has 1 N–H and O–H groups in total. The van der Waals surface area contributed by atoms with Gasteiger partial charge in [0.05, 0.1) is 16.6 Å². The van der Waals surface area contributed by atoms with Crippen molar-refractivity contribution >= 4 is 23.0 Å². The van der Waals surface area contributed by atoms with Crippen LogP contribution in [0, 0.1) is 21.8 Å². The third-order valence-electron chi connectivity index (χ3n) is 3.29. The molecule has 1 aromatic rings. The van der Waals surface area contributed by atoms with Gasteiger partial charge in [-0.1, -0.05) is 11.6 Å². The Morgan fingerprint density at radius 2 is 2.37 bits per heavy atom. The first-order valence-electron chi connectivity index (χ1n) is 5.96. The van der Waals surface area contributed by atoms with Crippen LogP contribution in [-0.4, -0.2) is 24.2 Å².